The van der Waals surface area contributed by atoms with Gasteiger partial charge in [0.2, 0.25) is 0 Å². The van der Waals surface area contributed by atoms with Gasteiger partial charge in [0.25, 0.3) is 0 Å². The second kappa shape index (κ2) is 4.83. The summed E-state index contributed by atoms with van der Waals surface area (Å²) < 4.78 is 59.4. The minimum Gasteiger partial charge on any atom is -0.261 e. The lowest BCUT2D eigenvalue weighted by atomic mass is 10.4. The summed E-state index contributed by atoms with van der Waals surface area (Å²) in [6, 6.07) is -0.787. The van der Waals surface area contributed by atoms with Crippen LogP contribution in [0.5, 0.6) is 0 Å². The van der Waals surface area contributed by atoms with E-state index in [2.05, 4.69) is 21.4 Å². The van der Waals surface area contributed by atoms with Crippen molar-refractivity contribution >= 4 is 27.5 Å². The Hall–Kier alpha value is -0.500. The lowest BCUT2D eigenvalue weighted by Gasteiger charge is -2.09. The fraction of sp³-hybridized carbons (Fsp3) is 0.800. The molecule has 1 unspecified atom stereocenters. The molecule has 0 heterocycles. The Morgan fingerprint density at radius 1 is 1.57 bits per heavy atom. The summed E-state index contributed by atoms with van der Waals surface area (Å²) in [6.45, 7) is 0.622. The normalized spacial score (nSPS) is 14.6. The lowest BCUT2D eigenvalue weighted by Crippen LogP contribution is -2.27. The van der Waals surface area contributed by atoms with E-state index >= 15 is 0 Å². The van der Waals surface area contributed by atoms with Crippen molar-refractivity contribution in [3.63, 3.8) is 0 Å². The Bertz CT molecular complexity index is 331. The van der Waals surface area contributed by atoms with Crippen molar-refractivity contribution in [2.75, 3.05) is 6.61 Å². The highest BCUT2D eigenvalue weighted by atomic mass is 32.2. The maximum absolute atomic E-state index is 11.7. The van der Waals surface area contributed by atoms with Crippen LogP contribution in [0.1, 0.15) is 6.92 Å². The zero-order valence-electron chi connectivity index (χ0n) is 6.91. The minimum atomic E-state index is -5.53. The molecule has 0 aliphatic rings. The van der Waals surface area contributed by atoms with Gasteiger partial charge < -0.3 is 0 Å². The van der Waals surface area contributed by atoms with Crippen molar-refractivity contribution in [1.29, 1.82) is 0 Å². The molecule has 0 rings (SSSR count). The van der Waals surface area contributed by atoms with E-state index in [-0.39, 0.29) is 0 Å². The number of thiocarbonyl (C=S) groups is 1. The zero-order chi connectivity index (χ0) is 11.4. The molecule has 0 fully saturated rings. The van der Waals surface area contributed by atoms with Gasteiger partial charge in [-0.2, -0.15) is 21.6 Å². The molecule has 0 aliphatic heterocycles. The molecule has 0 bridgehead atoms. The van der Waals surface area contributed by atoms with Crippen LogP contribution < -0.4 is 0 Å². The molecular formula is C5H6F3NO3S2. The van der Waals surface area contributed by atoms with Crippen LogP contribution in [-0.4, -0.2) is 31.7 Å². The molecule has 14 heavy (non-hydrogen) atoms. The van der Waals surface area contributed by atoms with E-state index in [9.17, 15) is 21.6 Å². The van der Waals surface area contributed by atoms with Gasteiger partial charge in [-0.3, -0.25) is 4.18 Å². The van der Waals surface area contributed by atoms with E-state index in [0.29, 0.717) is 0 Å². The highest BCUT2D eigenvalue weighted by Crippen LogP contribution is 2.24. The molecule has 82 valence electrons. The zero-order valence-corrected chi connectivity index (χ0v) is 8.54. The number of halogens is 3. The second-order valence-corrected chi connectivity index (χ2v) is 4.04. The summed E-state index contributed by atoms with van der Waals surface area (Å²) in [5.74, 6) is 0. The standard InChI is InChI=1S/C5H6F3NO3S2/c1-4(9-3-13)2-12-14(10,11)5(6,7)8/h4H,2H2,1H3. The van der Waals surface area contributed by atoms with Crippen molar-refractivity contribution in [2.45, 2.75) is 18.5 Å². The van der Waals surface area contributed by atoms with Gasteiger partial charge in [0.05, 0.1) is 17.8 Å². The predicted molar refractivity (Wildman–Crippen MR) is 45.4 cm³/mol. The van der Waals surface area contributed by atoms with Crippen molar-refractivity contribution in [1.82, 2.24) is 0 Å². The van der Waals surface area contributed by atoms with Crippen LogP contribution >= 0.6 is 12.2 Å². The van der Waals surface area contributed by atoms with Gasteiger partial charge in [0.15, 0.2) is 0 Å². The number of isothiocyanates is 1. The highest BCUT2D eigenvalue weighted by Gasteiger charge is 2.47. The first-order valence-corrected chi connectivity index (χ1v) is 5.05. The quantitative estimate of drug-likeness (QED) is 0.326. The van der Waals surface area contributed by atoms with Crippen molar-refractivity contribution < 1.29 is 25.8 Å². The number of alkyl halides is 3. The van der Waals surface area contributed by atoms with Crippen LogP contribution in [0.3, 0.4) is 0 Å². The van der Waals surface area contributed by atoms with Gasteiger partial charge >= 0.3 is 15.6 Å². The molecule has 0 spiro atoms. The number of aliphatic imine (C=N–C) groups is 1. The number of hydrogen-bond donors (Lipinski definition) is 0. The lowest BCUT2D eigenvalue weighted by molar-refractivity contribution is -0.0543. The van der Waals surface area contributed by atoms with Gasteiger partial charge in [-0.05, 0) is 19.1 Å². The maximum atomic E-state index is 11.7. The van der Waals surface area contributed by atoms with Crippen molar-refractivity contribution in [3.8, 4) is 0 Å². The summed E-state index contributed by atoms with van der Waals surface area (Å²) >= 11 is 4.17. The molecule has 0 saturated heterocycles. The first-order valence-electron chi connectivity index (χ1n) is 3.23. The third kappa shape index (κ3) is 4.14. The van der Waals surface area contributed by atoms with E-state index in [1.807, 2.05) is 5.16 Å². The Labute approximate surface area is 83.9 Å². The summed E-state index contributed by atoms with van der Waals surface area (Å²) in [4.78, 5) is 3.32. The summed E-state index contributed by atoms with van der Waals surface area (Å²) in [5, 5.41) is 1.89. The predicted octanol–water partition coefficient (Wildman–Crippen LogP) is 1.34. The molecule has 0 aromatic rings. The van der Waals surface area contributed by atoms with Crippen LogP contribution in [0.4, 0.5) is 13.2 Å². The van der Waals surface area contributed by atoms with Crippen LogP contribution in [0.2, 0.25) is 0 Å². The van der Waals surface area contributed by atoms with Crippen LogP contribution in [0.25, 0.3) is 0 Å². The Balaban J connectivity index is 4.35. The van der Waals surface area contributed by atoms with Crippen LogP contribution in [0.15, 0.2) is 4.99 Å². The molecular weight excluding hydrogens is 243 g/mol. The fourth-order valence-corrected chi connectivity index (χ4v) is 1.07. The molecule has 0 aliphatic carbocycles. The summed E-state index contributed by atoms with van der Waals surface area (Å²) in [5.41, 5.74) is -5.41. The van der Waals surface area contributed by atoms with Crippen LogP contribution in [0, 0.1) is 0 Å². The molecule has 0 aromatic carbocycles. The van der Waals surface area contributed by atoms with E-state index in [1.54, 1.807) is 0 Å². The SMILES string of the molecule is CC(COS(=O)(=O)C(F)(F)F)N=C=S. The van der Waals surface area contributed by atoms with Crippen molar-refractivity contribution in [3.05, 3.63) is 0 Å². The summed E-state index contributed by atoms with van der Waals surface area (Å²) in [7, 11) is -5.53. The van der Waals surface area contributed by atoms with Crippen molar-refractivity contribution in [2.24, 2.45) is 4.99 Å². The van der Waals surface area contributed by atoms with E-state index in [0.717, 1.165) is 0 Å². The highest BCUT2D eigenvalue weighted by molar-refractivity contribution is 7.87. The Morgan fingerprint density at radius 3 is 2.43 bits per heavy atom. The number of rotatable bonds is 4. The average molecular weight is 249 g/mol. The third-order valence-electron chi connectivity index (χ3n) is 1.02. The molecule has 4 nitrogen and oxygen atoms in total. The summed E-state index contributed by atoms with van der Waals surface area (Å²) in [6.07, 6.45) is 0. The topological polar surface area (TPSA) is 55.7 Å². The fourth-order valence-electron chi connectivity index (χ4n) is 0.382. The first-order chi connectivity index (χ1) is 6.20. The smallest absolute Gasteiger partial charge is 0.261 e. The van der Waals surface area contributed by atoms with Gasteiger partial charge in [0, 0.05) is 0 Å². The Morgan fingerprint density at radius 2 is 2.07 bits per heavy atom. The molecule has 0 aromatic heterocycles. The molecule has 0 amide bonds. The van der Waals surface area contributed by atoms with Gasteiger partial charge in [0.1, 0.15) is 0 Å². The molecule has 9 heteroatoms. The molecule has 0 radical (unpaired) electrons. The van der Waals surface area contributed by atoms with E-state index in [4.69, 9.17) is 0 Å². The van der Waals surface area contributed by atoms with Gasteiger partial charge in [-0.25, -0.2) is 4.99 Å². The molecule has 0 N–H and O–H groups in total. The van der Waals surface area contributed by atoms with E-state index in [1.165, 1.54) is 6.92 Å². The first kappa shape index (κ1) is 13.5. The van der Waals surface area contributed by atoms with Gasteiger partial charge in [-0.1, -0.05) is 0 Å². The minimum absolute atomic E-state index is 0.717. The second-order valence-electron chi connectivity index (χ2n) is 2.25. The third-order valence-corrected chi connectivity index (χ3v) is 2.14. The van der Waals surface area contributed by atoms with Crippen LogP contribution in [-0.2, 0) is 14.3 Å². The molecule has 0 saturated carbocycles. The Kier molecular flexibility index (Phi) is 4.66. The number of nitrogens with zero attached hydrogens (tertiary/aromatic N) is 1. The molecule has 1 atom stereocenters. The van der Waals surface area contributed by atoms with E-state index < -0.39 is 28.3 Å². The monoisotopic (exact) mass is 249 g/mol. The maximum Gasteiger partial charge on any atom is 0.523 e. The van der Waals surface area contributed by atoms with Gasteiger partial charge in [-0.15, -0.1) is 0 Å². The average Bonchev–Trinajstić information content (AvgIpc) is 1.99. The number of hydrogen-bond acceptors (Lipinski definition) is 5. The largest absolute Gasteiger partial charge is 0.523 e.